The normalized spacial score (nSPS) is 18.0. The summed E-state index contributed by atoms with van der Waals surface area (Å²) in [6, 6.07) is 2.11. The molecule has 0 spiro atoms. The third-order valence-electron chi connectivity index (χ3n) is 3.78. The van der Waals surface area contributed by atoms with Crippen molar-refractivity contribution in [3.8, 4) is 0 Å². The van der Waals surface area contributed by atoms with Crippen molar-refractivity contribution in [3.63, 3.8) is 0 Å². The van der Waals surface area contributed by atoms with Crippen LogP contribution in [0.2, 0.25) is 0 Å². The third kappa shape index (κ3) is 4.93. The van der Waals surface area contributed by atoms with Crippen LogP contribution in [0.3, 0.4) is 0 Å². The summed E-state index contributed by atoms with van der Waals surface area (Å²) in [6.07, 6.45) is 4.58. The predicted molar refractivity (Wildman–Crippen MR) is 76.0 cm³/mol. The fourth-order valence-electron chi connectivity index (χ4n) is 2.61. The second-order valence-electron chi connectivity index (χ2n) is 5.40. The molecule has 0 unspecified atom stereocenters. The highest BCUT2D eigenvalue weighted by atomic mass is 16.5. The van der Waals surface area contributed by atoms with Crippen LogP contribution in [-0.2, 0) is 18.3 Å². The lowest BCUT2D eigenvalue weighted by Gasteiger charge is -2.31. The van der Waals surface area contributed by atoms with Crippen molar-refractivity contribution < 1.29 is 4.74 Å². The highest BCUT2D eigenvalue weighted by Crippen LogP contribution is 2.17. The van der Waals surface area contributed by atoms with E-state index >= 15 is 0 Å². The highest BCUT2D eigenvalue weighted by molar-refractivity contribution is 4.98. The Hall–Kier alpha value is -0.910. The zero-order valence-corrected chi connectivity index (χ0v) is 12.1. The topological polar surface area (TPSA) is 42.3 Å². The summed E-state index contributed by atoms with van der Waals surface area (Å²) in [4.78, 5) is 2.51. The van der Waals surface area contributed by atoms with E-state index in [1.54, 1.807) is 7.11 Å². The Kier molecular flexibility index (Phi) is 5.82. The maximum Gasteiger partial charge on any atom is 0.0764 e. The van der Waals surface area contributed by atoms with Gasteiger partial charge in [0, 0.05) is 33.4 Å². The molecular weight excluding hydrogens is 240 g/mol. The minimum absolute atomic E-state index is 0.804. The maximum absolute atomic E-state index is 5.04. The molecule has 2 rings (SSSR count). The summed E-state index contributed by atoms with van der Waals surface area (Å²) in [5.74, 6) is 0.817. The lowest BCUT2D eigenvalue weighted by atomic mass is 9.96. The molecule has 108 valence electrons. The van der Waals surface area contributed by atoms with E-state index in [4.69, 9.17) is 4.74 Å². The summed E-state index contributed by atoms with van der Waals surface area (Å²) in [7, 11) is 3.72. The molecule has 0 saturated carbocycles. The lowest BCUT2D eigenvalue weighted by molar-refractivity contribution is 0.166. The lowest BCUT2D eigenvalue weighted by Crippen LogP contribution is -2.37. The Morgan fingerprint density at radius 3 is 2.84 bits per heavy atom. The first kappa shape index (κ1) is 14.5. The number of rotatable bonds is 7. The molecule has 1 aromatic rings. The fourth-order valence-corrected chi connectivity index (χ4v) is 2.61. The number of methoxy groups -OCH3 is 1. The minimum atomic E-state index is 0.804. The number of likely N-dealkylation sites (tertiary alicyclic amines) is 1. The van der Waals surface area contributed by atoms with Gasteiger partial charge in [0.05, 0.1) is 12.3 Å². The first-order valence-corrected chi connectivity index (χ1v) is 7.18. The van der Waals surface area contributed by atoms with Crippen molar-refractivity contribution in [1.29, 1.82) is 0 Å². The van der Waals surface area contributed by atoms with Gasteiger partial charge in [-0.1, -0.05) is 0 Å². The number of piperidine rings is 1. The van der Waals surface area contributed by atoms with Gasteiger partial charge >= 0.3 is 0 Å². The Morgan fingerprint density at radius 2 is 2.21 bits per heavy atom. The van der Waals surface area contributed by atoms with E-state index in [1.165, 1.54) is 31.6 Å². The minimum Gasteiger partial charge on any atom is -0.383 e. The second-order valence-corrected chi connectivity index (χ2v) is 5.40. The van der Waals surface area contributed by atoms with Gasteiger partial charge in [-0.15, -0.1) is 0 Å². The molecule has 1 aliphatic rings. The van der Waals surface area contributed by atoms with E-state index in [2.05, 4.69) is 21.4 Å². The van der Waals surface area contributed by atoms with Crippen molar-refractivity contribution in [2.75, 3.05) is 39.9 Å². The van der Waals surface area contributed by atoms with Crippen LogP contribution in [0.15, 0.2) is 12.3 Å². The number of nitrogens with one attached hydrogen (secondary N) is 1. The van der Waals surface area contributed by atoms with Crippen molar-refractivity contribution >= 4 is 0 Å². The van der Waals surface area contributed by atoms with Crippen LogP contribution in [-0.4, -0.2) is 54.6 Å². The Labute approximate surface area is 115 Å². The van der Waals surface area contributed by atoms with Gasteiger partial charge in [-0.2, -0.15) is 5.10 Å². The summed E-state index contributed by atoms with van der Waals surface area (Å²) >= 11 is 0. The summed E-state index contributed by atoms with van der Waals surface area (Å²) in [6.45, 7) is 6.26. The Bertz CT molecular complexity index is 358. The largest absolute Gasteiger partial charge is 0.383 e. The van der Waals surface area contributed by atoms with Gasteiger partial charge in [0.25, 0.3) is 0 Å². The standard InChI is InChI=1S/C14H26N4O/c1-17-7-5-14(16-17)12-18-8-3-13(4-9-18)11-15-6-10-19-2/h5,7,13,15H,3-4,6,8-12H2,1-2H3. The van der Waals surface area contributed by atoms with Crippen molar-refractivity contribution in [1.82, 2.24) is 20.0 Å². The monoisotopic (exact) mass is 266 g/mol. The van der Waals surface area contributed by atoms with Gasteiger partial charge in [-0.05, 0) is 44.5 Å². The molecule has 0 bridgehead atoms. The molecule has 0 aromatic carbocycles. The van der Waals surface area contributed by atoms with E-state index in [0.717, 1.165) is 32.2 Å². The van der Waals surface area contributed by atoms with E-state index in [9.17, 15) is 0 Å². The van der Waals surface area contributed by atoms with Gasteiger partial charge in [-0.25, -0.2) is 0 Å². The molecule has 0 atom stereocenters. The average Bonchev–Trinajstić information content (AvgIpc) is 2.82. The van der Waals surface area contributed by atoms with Crippen molar-refractivity contribution in [3.05, 3.63) is 18.0 Å². The molecule has 1 saturated heterocycles. The van der Waals surface area contributed by atoms with E-state index in [0.29, 0.717) is 0 Å². The number of aromatic nitrogens is 2. The number of hydrogen-bond donors (Lipinski definition) is 1. The average molecular weight is 266 g/mol. The van der Waals surface area contributed by atoms with Gasteiger partial charge < -0.3 is 10.1 Å². The summed E-state index contributed by atoms with van der Waals surface area (Å²) in [5, 5.41) is 7.91. The molecule has 0 amide bonds. The number of nitrogens with zero attached hydrogens (tertiary/aromatic N) is 3. The Morgan fingerprint density at radius 1 is 1.42 bits per heavy atom. The second kappa shape index (κ2) is 7.62. The molecular formula is C14H26N4O. The van der Waals surface area contributed by atoms with Crippen LogP contribution in [0.4, 0.5) is 0 Å². The number of aryl methyl sites for hydroxylation is 1. The third-order valence-corrected chi connectivity index (χ3v) is 3.78. The zero-order valence-electron chi connectivity index (χ0n) is 12.1. The number of ether oxygens (including phenoxy) is 1. The van der Waals surface area contributed by atoms with Crippen LogP contribution in [0, 0.1) is 5.92 Å². The molecule has 2 heterocycles. The first-order chi connectivity index (χ1) is 9.28. The number of hydrogen-bond acceptors (Lipinski definition) is 4. The molecule has 1 N–H and O–H groups in total. The van der Waals surface area contributed by atoms with E-state index < -0.39 is 0 Å². The van der Waals surface area contributed by atoms with Crippen LogP contribution in [0.25, 0.3) is 0 Å². The van der Waals surface area contributed by atoms with Crippen LogP contribution >= 0.6 is 0 Å². The fraction of sp³-hybridized carbons (Fsp3) is 0.786. The summed E-state index contributed by atoms with van der Waals surface area (Å²) in [5.41, 5.74) is 1.18. The molecule has 1 aliphatic heterocycles. The first-order valence-electron chi connectivity index (χ1n) is 7.18. The Balaban J connectivity index is 1.62. The maximum atomic E-state index is 5.04. The van der Waals surface area contributed by atoms with Gasteiger partial charge in [-0.3, -0.25) is 9.58 Å². The molecule has 5 heteroatoms. The predicted octanol–water partition coefficient (Wildman–Crippen LogP) is 0.868. The smallest absolute Gasteiger partial charge is 0.0764 e. The van der Waals surface area contributed by atoms with Crippen LogP contribution in [0.5, 0.6) is 0 Å². The molecule has 5 nitrogen and oxygen atoms in total. The van der Waals surface area contributed by atoms with E-state index in [-0.39, 0.29) is 0 Å². The SMILES string of the molecule is COCCNCC1CCN(Cc2ccn(C)n2)CC1. The van der Waals surface area contributed by atoms with Crippen LogP contribution < -0.4 is 5.32 Å². The van der Waals surface area contributed by atoms with Crippen molar-refractivity contribution in [2.24, 2.45) is 13.0 Å². The van der Waals surface area contributed by atoms with Gasteiger partial charge in [0.1, 0.15) is 0 Å². The van der Waals surface area contributed by atoms with Gasteiger partial charge in [0.15, 0.2) is 0 Å². The summed E-state index contributed by atoms with van der Waals surface area (Å²) < 4.78 is 6.91. The van der Waals surface area contributed by atoms with Gasteiger partial charge in [0.2, 0.25) is 0 Å². The molecule has 0 aliphatic carbocycles. The quantitative estimate of drug-likeness (QED) is 0.744. The molecule has 1 aromatic heterocycles. The van der Waals surface area contributed by atoms with Crippen molar-refractivity contribution in [2.45, 2.75) is 19.4 Å². The highest BCUT2D eigenvalue weighted by Gasteiger charge is 2.19. The zero-order chi connectivity index (χ0) is 13.5. The molecule has 19 heavy (non-hydrogen) atoms. The van der Waals surface area contributed by atoms with Crippen LogP contribution in [0.1, 0.15) is 18.5 Å². The molecule has 1 fully saturated rings. The molecule has 0 radical (unpaired) electrons. The van der Waals surface area contributed by atoms with E-state index in [1.807, 2.05) is 17.9 Å².